The highest BCUT2D eigenvalue weighted by atomic mass is 35.5. The Hall–Kier alpha value is -2.30. The topological polar surface area (TPSA) is 91.4 Å². The summed E-state index contributed by atoms with van der Waals surface area (Å²) < 4.78 is 27.8. The first-order valence-electron chi connectivity index (χ1n) is 9.12. The van der Waals surface area contributed by atoms with Gasteiger partial charge in [-0.15, -0.1) is 5.10 Å². The smallest absolute Gasteiger partial charge is 0.243 e. The monoisotopic (exact) mass is 409 g/mol. The molecule has 1 saturated heterocycles. The van der Waals surface area contributed by atoms with Crippen LogP contribution in [0.2, 0.25) is 5.02 Å². The lowest BCUT2D eigenvalue weighted by Gasteiger charge is -2.26. The van der Waals surface area contributed by atoms with E-state index in [0.717, 1.165) is 5.56 Å². The van der Waals surface area contributed by atoms with E-state index in [-0.39, 0.29) is 12.8 Å². The molecule has 9 nitrogen and oxygen atoms in total. The number of hydrogen-bond donors (Lipinski definition) is 1. The van der Waals surface area contributed by atoms with Gasteiger partial charge in [0.15, 0.2) is 5.65 Å². The molecular weight excluding hydrogens is 389 g/mol. The average molecular weight is 410 g/mol. The Balaban J connectivity index is 1.60. The molecule has 28 heavy (non-hydrogen) atoms. The summed E-state index contributed by atoms with van der Waals surface area (Å²) in [5.41, 5.74) is 1.71. The third-order valence-electron chi connectivity index (χ3n) is 4.59. The predicted molar refractivity (Wildman–Crippen MR) is 101 cm³/mol. The van der Waals surface area contributed by atoms with Crippen molar-refractivity contribution in [1.29, 1.82) is 0 Å². The second-order valence-corrected chi connectivity index (χ2v) is 6.88. The zero-order valence-electron chi connectivity index (χ0n) is 15.5. The van der Waals surface area contributed by atoms with Crippen molar-refractivity contribution in [3.8, 4) is 11.3 Å². The van der Waals surface area contributed by atoms with Crippen LogP contribution in [0.1, 0.15) is 26.5 Å². The molecule has 0 radical (unpaired) electrons. The van der Waals surface area contributed by atoms with Crippen molar-refractivity contribution in [2.24, 2.45) is 0 Å². The van der Waals surface area contributed by atoms with E-state index in [4.69, 9.17) is 21.1 Å². The van der Waals surface area contributed by atoms with Crippen LogP contribution < -0.4 is 5.32 Å². The summed E-state index contributed by atoms with van der Waals surface area (Å²) in [5, 5.41) is 12.0. The van der Waals surface area contributed by atoms with Crippen molar-refractivity contribution < 1.29 is 13.9 Å². The fourth-order valence-electron chi connectivity index (χ4n) is 3.10. The standard InChI is InChI=1S/C17H21ClFN7O2/c1-3-28-10(2)25-7-11(6-21-25)15-14(18)16-23-17(24-26(16)9-20-15)22-13-4-5-27-8-12(13)19/h6-7,9-10,12-13H,3-5,8H2,1-2H3,(H,22,24)/t10?,12-,13+/m1/s1. The first-order valence-corrected chi connectivity index (χ1v) is 9.50. The molecule has 11 heteroatoms. The van der Waals surface area contributed by atoms with Gasteiger partial charge in [0.1, 0.15) is 23.7 Å². The van der Waals surface area contributed by atoms with E-state index in [9.17, 15) is 4.39 Å². The number of rotatable bonds is 6. The van der Waals surface area contributed by atoms with E-state index in [1.54, 1.807) is 10.9 Å². The van der Waals surface area contributed by atoms with Crippen LogP contribution in [0.3, 0.4) is 0 Å². The number of aromatic nitrogens is 6. The molecule has 3 aromatic rings. The zero-order chi connectivity index (χ0) is 19.7. The van der Waals surface area contributed by atoms with Crippen molar-refractivity contribution in [2.75, 3.05) is 25.1 Å². The molecule has 1 N–H and O–H groups in total. The Morgan fingerprint density at radius 1 is 1.50 bits per heavy atom. The summed E-state index contributed by atoms with van der Waals surface area (Å²) in [4.78, 5) is 8.79. The van der Waals surface area contributed by atoms with Gasteiger partial charge in [-0.05, 0) is 20.3 Å². The lowest BCUT2D eigenvalue weighted by atomic mass is 10.1. The van der Waals surface area contributed by atoms with Gasteiger partial charge in [-0.25, -0.2) is 14.1 Å². The van der Waals surface area contributed by atoms with Gasteiger partial charge < -0.3 is 14.8 Å². The quantitative estimate of drug-likeness (QED) is 0.669. The number of ether oxygens (including phenoxy) is 2. The first kappa shape index (κ1) is 19.0. The molecule has 0 amide bonds. The summed E-state index contributed by atoms with van der Waals surface area (Å²) in [5.74, 6) is 0.302. The maximum absolute atomic E-state index is 14.0. The van der Waals surface area contributed by atoms with Crippen molar-refractivity contribution in [2.45, 2.75) is 38.7 Å². The van der Waals surface area contributed by atoms with Crippen LogP contribution in [0, 0.1) is 0 Å². The largest absolute Gasteiger partial charge is 0.378 e. The van der Waals surface area contributed by atoms with Crippen LogP contribution in [0.25, 0.3) is 16.9 Å². The molecule has 0 saturated carbocycles. The summed E-state index contributed by atoms with van der Waals surface area (Å²) in [6.07, 6.45) is 4.25. The minimum atomic E-state index is -1.11. The number of nitrogens with zero attached hydrogens (tertiary/aromatic N) is 6. The maximum Gasteiger partial charge on any atom is 0.243 e. The van der Waals surface area contributed by atoms with Crippen LogP contribution in [0.15, 0.2) is 18.7 Å². The Kier molecular flexibility index (Phi) is 5.42. The average Bonchev–Trinajstić information content (AvgIpc) is 3.32. The number of fused-ring (bicyclic) bond motifs is 1. The van der Waals surface area contributed by atoms with E-state index in [1.807, 2.05) is 20.0 Å². The van der Waals surface area contributed by atoms with E-state index < -0.39 is 12.2 Å². The highest BCUT2D eigenvalue weighted by Gasteiger charge is 2.26. The second-order valence-electron chi connectivity index (χ2n) is 6.50. The predicted octanol–water partition coefficient (Wildman–Crippen LogP) is 2.74. The summed E-state index contributed by atoms with van der Waals surface area (Å²) in [7, 11) is 0. The van der Waals surface area contributed by atoms with Crippen LogP contribution >= 0.6 is 11.6 Å². The minimum Gasteiger partial charge on any atom is -0.378 e. The molecule has 1 aliphatic rings. The lowest BCUT2D eigenvalue weighted by Crippen LogP contribution is -2.39. The molecule has 4 rings (SSSR count). The van der Waals surface area contributed by atoms with E-state index in [0.29, 0.717) is 41.9 Å². The molecule has 0 aliphatic carbocycles. The summed E-state index contributed by atoms with van der Waals surface area (Å²) >= 11 is 6.53. The molecule has 3 atom stereocenters. The van der Waals surface area contributed by atoms with Crippen molar-refractivity contribution >= 4 is 23.2 Å². The Bertz CT molecular complexity index is 962. The maximum atomic E-state index is 14.0. The fourth-order valence-corrected chi connectivity index (χ4v) is 3.39. The molecule has 3 aromatic heterocycles. The SMILES string of the molecule is CCOC(C)n1cc(-c2ncn3nc(N[C@H]4CCOC[C@H]4F)nc3c2Cl)cn1. The molecule has 1 aliphatic heterocycles. The van der Waals surface area contributed by atoms with Crippen LogP contribution in [-0.4, -0.2) is 61.4 Å². The molecule has 1 fully saturated rings. The number of nitrogens with one attached hydrogen (secondary N) is 1. The number of hydrogen-bond acceptors (Lipinski definition) is 7. The Morgan fingerprint density at radius 3 is 3.14 bits per heavy atom. The van der Waals surface area contributed by atoms with Gasteiger partial charge in [0.05, 0.1) is 24.5 Å². The minimum absolute atomic E-state index is 0.0711. The molecule has 0 spiro atoms. The van der Waals surface area contributed by atoms with Crippen LogP contribution in [0.4, 0.5) is 10.3 Å². The van der Waals surface area contributed by atoms with E-state index >= 15 is 0 Å². The van der Waals surface area contributed by atoms with E-state index in [2.05, 4.69) is 25.5 Å². The molecule has 0 bridgehead atoms. The van der Waals surface area contributed by atoms with Crippen molar-refractivity contribution in [3.63, 3.8) is 0 Å². The third kappa shape index (κ3) is 3.67. The Labute approximate surface area is 165 Å². The summed E-state index contributed by atoms with van der Waals surface area (Å²) in [6, 6.07) is -0.393. The number of anilines is 1. The lowest BCUT2D eigenvalue weighted by molar-refractivity contribution is 0.0160. The summed E-state index contributed by atoms with van der Waals surface area (Å²) in [6.45, 7) is 4.99. The third-order valence-corrected chi connectivity index (χ3v) is 4.94. The van der Waals surface area contributed by atoms with Gasteiger partial charge in [0, 0.05) is 25.0 Å². The fraction of sp³-hybridized carbons (Fsp3) is 0.529. The Morgan fingerprint density at radius 2 is 2.36 bits per heavy atom. The van der Waals surface area contributed by atoms with Crippen LogP contribution in [-0.2, 0) is 9.47 Å². The number of halogens is 2. The van der Waals surface area contributed by atoms with Gasteiger partial charge in [-0.2, -0.15) is 14.6 Å². The first-order chi connectivity index (χ1) is 13.6. The van der Waals surface area contributed by atoms with Crippen LogP contribution in [0.5, 0.6) is 0 Å². The molecule has 1 unspecified atom stereocenters. The second kappa shape index (κ2) is 7.98. The highest BCUT2D eigenvalue weighted by Crippen LogP contribution is 2.29. The normalized spacial score (nSPS) is 21.1. The van der Waals surface area contributed by atoms with Crippen molar-refractivity contribution in [1.82, 2.24) is 29.4 Å². The van der Waals surface area contributed by atoms with E-state index in [1.165, 1.54) is 10.8 Å². The van der Waals surface area contributed by atoms with Gasteiger partial charge in [-0.1, -0.05) is 11.6 Å². The van der Waals surface area contributed by atoms with Gasteiger partial charge in [0.2, 0.25) is 5.95 Å². The van der Waals surface area contributed by atoms with Gasteiger partial charge in [0.25, 0.3) is 0 Å². The molecule has 0 aromatic carbocycles. The molecular formula is C17H21ClFN7O2. The van der Waals surface area contributed by atoms with Gasteiger partial charge in [-0.3, -0.25) is 0 Å². The molecule has 4 heterocycles. The number of alkyl halides is 1. The van der Waals surface area contributed by atoms with Crippen molar-refractivity contribution in [3.05, 3.63) is 23.7 Å². The van der Waals surface area contributed by atoms with Gasteiger partial charge >= 0.3 is 0 Å². The molecule has 150 valence electrons. The highest BCUT2D eigenvalue weighted by molar-refractivity contribution is 6.35. The zero-order valence-corrected chi connectivity index (χ0v) is 16.3.